The Morgan fingerprint density at radius 2 is 1.79 bits per heavy atom. The molecule has 0 saturated carbocycles. The van der Waals surface area contributed by atoms with Crippen molar-refractivity contribution in [1.82, 2.24) is 15.5 Å². The minimum absolute atomic E-state index is 0.122. The molecule has 2 aromatic carbocycles. The van der Waals surface area contributed by atoms with Gasteiger partial charge in [0.05, 0.1) is 6.04 Å². The maximum absolute atomic E-state index is 13.3. The van der Waals surface area contributed by atoms with Crippen molar-refractivity contribution in [3.63, 3.8) is 0 Å². The van der Waals surface area contributed by atoms with E-state index in [9.17, 15) is 14.4 Å². The van der Waals surface area contributed by atoms with Crippen LogP contribution in [-0.4, -0.2) is 54.9 Å². The van der Waals surface area contributed by atoms with Crippen molar-refractivity contribution in [2.24, 2.45) is 5.92 Å². The summed E-state index contributed by atoms with van der Waals surface area (Å²) < 4.78 is 5.88. The van der Waals surface area contributed by atoms with Crippen molar-refractivity contribution in [3.8, 4) is 16.9 Å². The van der Waals surface area contributed by atoms with Gasteiger partial charge in [-0.2, -0.15) is 0 Å². The lowest BCUT2D eigenvalue weighted by atomic mass is 10.0. The van der Waals surface area contributed by atoms with E-state index in [4.69, 9.17) is 4.74 Å². The van der Waals surface area contributed by atoms with Crippen LogP contribution in [0, 0.1) is 5.92 Å². The number of ether oxygens (including phenoxy) is 1. The van der Waals surface area contributed by atoms with Gasteiger partial charge in [0, 0.05) is 25.6 Å². The molecule has 1 aliphatic rings. The van der Waals surface area contributed by atoms with Gasteiger partial charge in [-0.15, -0.1) is 0 Å². The van der Waals surface area contributed by atoms with Gasteiger partial charge in [0.15, 0.2) is 0 Å². The van der Waals surface area contributed by atoms with Crippen molar-refractivity contribution in [2.45, 2.75) is 45.7 Å². The second-order valence-corrected chi connectivity index (χ2v) is 9.00. The van der Waals surface area contributed by atoms with Crippen LogP contribution in [0.15, 0.2) is 48.5 Å². The van der Waals surface area contributed by atoms with E-state index in [1.165, 1.54) is 4.90 Å². The topological polar surface area (TPSA) is 87.7 Å². The van der Waals surface area contributed by atoms with E-state index < -0.39 is 6.04 Å². The predicted molar refractivity (Wildman–Crippen MR) is 128 cm³/mol. The number of hydrogen-bond acceptors (Lipinski definition) is 4. The molecule has 0 saturated heterocycles. The fourth-order valence-electron chi connectivity index (χ4n) is 3.74. The monoisotopic (exact) mass is 451 g/mol. The maximum Gasteiger partial charge on any atom is 0.254 e. The highest BCUT2D eigenvalue weighted by atomic mass is 16.5. The van der Waals surface area contributed by atoms with Gasteiger partial charge in [-0.25, -0.2) is 0 Å². The van der Waals surface area contributed by atoms with Crippen molar-refractivity contribution < 1.29 is 19.1 Å². The third-order valence-corrected chi connectivity index (χ3v) is 5.60. The van der Waals surface area contributed by atoms with Crippen molar-refractivity contribution in [2.75, 3.05) is 20.2 Å². The molecule has 2 N–H and O–H groups in total. The standard InChI is InChI=1S/C26H33N3O4/c1-17(2)15-27-25(31)23-11-12-24(30)28-18(3)16-33-22-10-6-8-20(14-22)19-7-5-9-21(13-19)26(32)29(23)4/h5-10,13-14,17-18,23H,11-12,15-16H2,1-4H3,(H,27,31)(H,28,30). The number of rotatable bonds is 3. The molecule has 33 heavy (non-hydrogen) atoms. The van der Waals surface area contributed by atoms with Gasteiger partial charge >= 0.3 is 0 Å². The van der Waals surface area contributed by atoms with E-state index in [0.29, 0.717) is 24.5 Å². The molecule has 2 atom stereocenters. The first-order valence-corrected chi connectivity index (χ1v) is 11.4. The molecule has 3 rings (SSSR count). The fourth-order valence-corrected chi connectivity index (χ4v) is 3.74. The zero-order valence-corrected chi connectivity index (χ0v) is 19.8. The summed E-state index contributed by atoms with van der Waals surface area (Å²) in [6.45, 7) is 6.71. The molecule has 0 fully saturated rings. The third-order valence-electron chi connectivity index (χ3n) is 5.60. The highest BCUT2D eigenvalue weighted by Gasteiger charge is 2.28. The van der Waals surface area contributed by atoms with Crippen LogP contribution in [0.1, 0.15) is 44.0 Å². The number of likely N-dealkylation sites (N-methyl/N-ethyl adjacent to an activating group) is 1. The van der Waals surface area contributed by atoms with Gasteiger partial charge in [-0.05, 0) is 54.7 Å². The number of carbonyl (C=O) groups is 3. The normalized spacial score (nSPS) is 19.6. The smallest absolute Gasteiger partial charge is 0.254 e. The summed E-state index contributed by atoms with van der Waals surface area (Å²) in [5, 5.41) is 5.82. The first-order chi connectivity index (χ1) is 15.7. The van der Waals surface area contributed by atoms with Crippen molar-refractivity contribution in [3.05, 3.63) is 54.1 Å². The molecule has 7 nitrogen and oxygen atoms in total. The van der Waals surface area contributed by atoms with E-state index in [0.717, 1.165) is 11.1 Å². The van der Waals surface area contributed by atoms with Gasteiger partial charge in [0.1, 0.15) is 18.4 Å². The Balaban J connectivity index is 1.96. The quantitative estimate of drug-likeness (QED) is 0.750. The first kappa shape index (κ1) is 24.3. The Labute approximate surface area is 195 Å². The number of carbonyl (C=O) groups excluding carboxylic acids is 3. The average Bonchev–Trinajstić information content (AvgIpc) is 2.80. The summed E-state index contributed by atoms with van der Waals surface area (Å²) in [5.41, 5.74) is 2.28. The zero-order chi connectivity index (χ0) is 24.0. The van der Waals surface area contributed by atoms with E-state index in [1.807, 2.05) is 63.2 Å². The van der Waals surface area contributed by atoms with Crippen LogP contribution >= 0.6 is 0 Å². The van der Waals surface area contributed by atoms with Gasteiger partial charge < -0.3 is 20.3 Å². The molecule has 0 aliphatic carbocycles. The summed E-state index contributed by atoms with van der Waals surface area (Å²) >= 11 is 0. The molecule has 2 aromatic rings. The Kier molecular flexibility index (Phi) is 8.09. The van der Waals surface area contributed by atoms with E-state index in [-0.39, 0.29) is 42.5 Å². The van der Waals surface area contributed by atoms with Gasteiger partial charge in [0.2, 0.25) is 11.8 Å². The SMILES string of the molecule is CC(C)CNC(=O)C1CCC(=O)NC(C)COc2cccc(c2)-c2cccc(c2)C(=O)N1C. The molecule has 7 heteroatoms. The number of benzene rings is 2. The van der Waals surface area contributed by atoms with E-state index in [1.54, 1.807) is 13.1 Å². The minimum Gasteiger partial charge on any atom is -0.491 e. The number of hydrogen-bond donors (Lipinski definition) is 2. The maximum atomic E-state index is 13.3. The largest absolute Gasteiger partial charge is 0.491 e. The minimum atomic E-state index is -0.756. The van der Waals surface area contributed by atoms with E-state index >= 15 is 0 Å². The highest BCUT2D eigenvalue weighted by molar-refractivity contribution is 5.98. The third kappa shape index (κ3) is 6.57. The summed E-state index contributed by atoms with van der Waals surface area (Å²) in [5.74, 6) is 0.258. The Bertz CT molecular complexity index is 1000. The summed E-state index contributed by atoms with van der Waals surface area (Å²) in [6, 6.07) is 14.0. The molecule has 0 aromatic heterocycles. The molecule has 4 bridgehead atoms. The highest BCUT2D eigenvalue weighted by Crippen LogP contribution is 2.26. The zero-order valence-electron chi connectivity index (χ0n) is 19.8. The summed E-state index contributed by atoms with van der Waals surface area (Å²) in [4.78, 5) is 40.3. The first-order valence-electron chi connectivity index (χ1n) is 11.4. The molecular formula is C26H33N3O4. The Morgan fingerprint density at radius 1 is 1.12 bits per heavy atom. The number of fused-ring (bicyclic) bond motifs is 5. The average molecular weight is 452 g/mol. The van der Waals surface area contributed by atoms with Gasteiger partial charge in [-0.3, -0.25) is 14.4 Å². The van der Waals surface area contributed by atoms with Crippen LogP contribution in [0.4, 0.5) is 0 Å². The molecular weight excluding hydrogens is 418 g/mol. The molecule has 0 spiro atoms. The second-order valence-electron chi connectivity index (χ2n) is 9.00. The predicted octanol–water partition coefficient (Wildman–Crippen LogP) is 3.24. The molecule has 0 radical (unpaired) electrons. The van der Waals surface area contributed by atoms with Crippen LogP contribution in [0.3, 0.4) is 0 Å². The number of nitrogens with one attached hydrogen (secondary N) is 2. The second kappa shape index (κ2) is 11.0. The van der Waals surface area contributed by atoms with Crippen molar-refractivity contribution in [1.29, 1.82) is 0 Å². The molecule has 176 valence electrons. The lowest BCUT2D eigenvalue weighted by Crippen LogP contribution is -2.49. The molecule has 3 amide bonds. The van der Waals surface area contributed by atoms with Crippen LogP contribution < -0.4 is 15.4 Å². The number of nitrogens with zero attached hydrogens (tertiary/aromatic N) is 1. The Morgan fingerprint density at radius 3 is 2.52 bits per heavy atom. The number of amides is 3. The van der Waals surface area contributed by atoms with Crippen LogP contribution in [0.25, 0.3) is 11.1 Å². The van der Waals surface area contributed by atoms with Gasteiger partial charge in [-0.1, -0.05) is 38.1 Å². The van der Waals surface area contributed by atoms with Crippen LogP contribution in [0.2, 0.25) is 0 Å². The lowest BCUT2D eigenvalue weighted by molar-refractivity contribution is -0.126. The Hall–Kier alpha value is -3.35. The molecule has 1 heterocycles. The van der Waals surface area contributed by atoms with Crippen LogP contribution in [-0.2, 0) is 9.59 Å². The van der Waals surface area contributed by atoms with Gasteiger partial charge in [0.25, 0.3) is 5.91 Å². The van der Waals surface area contributed by atoms with Crippen molar-refractivity contribution >= 4 is 17.7 Å². The fraction of sp³-hybridized carbons (Fsp3) is 0.423. The summed E-state index contributed by atoms with van der Waals surface area (Å²) in [7, 11) is 1.62. The van der Waals surface area contributed by atoms with Crippen LogP contribution in [0.5, 0.6) is 5.75 Å². The lowest BCUT2D eigenvalue weighted by Gasteiger charge is -2.28. The molecule has 1 aliphatic heterocycles. The summed E-state index contributed by atoms with van der Waals surface area (Å²) in [6.07, 6.45) is 0.349. The van der Waals surface area contributed by atoms with E-state index in [2.05, 4.69) is 10.6 Å². The molecule has 2 unspecified atom stereocenters.